The van der Waals surface area contributed by atoms with E-state index in [2.05, 4.69) is 5.32 Å². The molecule has 0 spiro atoms. The Balaban J connectivity index is 1.59. The molecule has 6 nitrogen and oxygen atoms in total. The van der Waals surface area contributed by atoms with Crippen molar-refractivity contribution in [1.29, 1.82) is 0 Å². The Morgan fingerprint density at radius 1 is 1.00 bits per heavy atom. The first kappa shape index (κ1) is 24.7. The zero-order valence-electron chi connectivity index (χ0n) is 18.7. The van der Waals surface area contributed by atoms with E-state index < -0.39 is 11.7 Å². The molecule has 0 bridgehead atoms. The molecule has 9 heteroatoms. The number of thiophene rings is 1. The first-order valence-electron chi connectivity index (χ1n) is 10.6. The van der Waals surface area contributed by atoms with Gasteiger partial charge in [-0.25, -0.2) is 4.39 Å². The van der Waals surface area contributed by atoms with Crippen molar-refractivity contribution in [3.8, 4) is 11.5 Å². The Bertz CT molecular complexity index is 1360. The summed E-state index contributed by atoms with van der Waals surface area (Å²) >= 11 is 7.38. The number of rotatable bonds is 10. The molecule has 0 aliphatic rings. The molecule has 1 heterocycles. The van der Waals surface area contributed by atoms with Gasteiger partial charge < -0.3 is 19.5 Å². The predicted octanol–water partition coefficient (Wildman–Crippen LogP) is 6.23. The molecule has 0 radical (unpaired) electrons. The molecular formula is C26H21ClFNO5S. The van der Waals surface area contributed by atoms with Crippen LogP contribution < -0.4 is 14.8 Å². The van der Waals surface area contributed by atoms with Crippen molar-refractivity contribution in [2.45, 2.75) is 0 Å². The minimum atomic E-state index is -0.436. The van der Waals surface area contributed by atoms with Crippen LogP contribution in [0.3, 0.4) is 0 Å². The lowest BCUT2D eigenvalue weighted by Crippen LogP contribution is -2.16. The summed E-state index contributed by atoms with van der Waals surface area (Å²) in [6, 6.07) is 17.5. The lowest BCUT2D eigenvalue weighted by molar-refractivity contribution is 0.0916. The largest absolute Gasteiger partial charge is 0.489 e. The van der Waals surface area contributed by atoms with Crippen molar-refractivity contribution in [3.63, 3.8) is 0 Å². The highest BCUT2D eigenvalue weighted by Crippen LogP contribution is 2.39. The van der Waals surface area contributed by atoms with Gasteiger partial charge in [0.05, 0.1) is 12.3 Å². The van der Waals surface area contributed by atoms with E-state index in [0.29, 0.717) is 51.2 Å². The molecule has 1 aromatic heterocycles. The molecule has 35 heavy (non-hydrogen) atoms. The summed E-state index contributed by atoms with van der Waals surface area (Å²) in [5.41, 5.74) is 0.707. The smallest absolute Gasteiger partial charge is 0.269 e. The molecule has 4 rings (SSSR count). The highest BCUT2D eigenvalue weighted by molar-refractivity contribution is 7.21. The molecule has 180 valence electrons. The summed E-state index contributed by atoms with van der Waals surface area (Å²) in [6.45, 7) is 0.366. The Morgan fingerprint density at radius 3 is 2.54 bits per heavy atom. The van der Waals surface area contributed by atoms with Crippen molar-refractivity contribution in [1.82, 2.24) is 0 Å². The van der Waals surface area contributed by atoms with Crippen LogP contribution in [0.15, 0.2) is 66.7 Å². The van der Waals surface area contributed by atoms with Crippen LogP contribution in [0.4, 0.5) is 10.1 Å². The standard InChI is InChI=1S/C26H21ClFNO5S/c1-32-12-13-33-22-11-8-17(27)14-20(22)29-26(31)25-24(19-4-2-3-5-23(19)35-25)34-15-21(30)16-6-9-18(28)10-7-16/h2-11,14H,12-13,15H2,1H3,(H,29,31). The second kappa shape index (κ2) is 11.3. The molecule has 0 saturated carbocycles. The maximum Gasteiger partial charge on any atom is 0.269 e. The number of anilines is 1. The predicted molar refractivity (Wildman–Crippen MR) is 135 cm³/mol. The van der Waals surface area contributed by atoms with E-state index in [1.165, 1.54) is 35.6 Å². The van der Waals surface area contributed by atoms with Gasteiger partial charge in [0.1, 0.15) is 23.1 Å². The first-order chi connectivity index (χ1) is 17.0. The quantitative estimate of drug-likeness (QED) is 0.201. The van der Waals surface area contributed by atoms with E-state index in [1.807, 2.05) is 24.3 Å². The van der Waals surface area contributed by atoms with Crippen molar-refractivity contribution in [3.05, 3.63) is 88.0 Å². The topological polar surface area (TPSA) is 73.9 Å². The van der Waals surface area contributed by atoms with Crippen LogP contribution in [0, 0.1) is 5.82 Å². The number of ether oxygens (including phenoxy) is 3. The Labute approximate surface area is 210 Å². The molecule has 0 unspecified atom stereocenters. The van der Waals surface area contributed by atoms with E-state index in [4.69, 9.17) is 25.8 Å². The van der Waals surface area contributed by atoms with Crippen LogP contribution in [-0.4, -0.2) is 38.6 Å². The Hall–Kier alpha value is -3.46. The van der Waals surface area contributed by atoms with Crippen LogP contribution in [0.25, 0.3) is 10.1 Å². The molecule has 3 aromatic carbocycles. The fraction of sp³-hybridized carbons (Fsp3) is 0.154. The summed E-state index contributed by atoms with van der Waals surface area (Å²) in [5, 5.41) is 3.97. The molecule has 1 amide bonds. The minimum absolute atomic E-state index is 0.293. The molecule has 0 fully saturated rings. The summed E-state index contributed by atoms with van der Waals surface area (Å²) in [6.07, 6.45) is 0. The van der Waals surface area contributed by atoms with Crippen LogP contribution in [0.2, 0.25) is 5.02 Å². The van der Waals surface area contributed by atoms with Crippen molar-refractivity contribution >= 4 is 50.4 Å². The number of hydrogen-bond donors (Lipinski definition) is 1. The third-order valence-corrected chi connectivity index (χ3v) is 6.39. The molecular weight excluding hydrogens is 493 g/mol. The molecule has 4 aromatic rings. The zero-order chi connectivity index (χ0) is 24.8. The SMILES string of the molecule is COCCOc1ccc(Cl)cc1NC(=O)c1sc2ccccc2c1OCC(=O)c1ccc(F)cc1. The van der Waals surface area contributed by atoms with Gasteiger partial charge >= 0.3 is 0 Å². The van der Waals surface area contributed by atoms with Gasteiger partial charge in [0.2, 0.25) is 0 Å². The van der Waals surface area contributed by atoms with Crippen LogP contribution >= 0.6 is 22.9 Å². The number of carbonyl (C=O) groups is 2. The summed E-state index contributed by atoms with van der Waals surface area (Å²) in [7, 11) is 1.57. The van der Waals surface area contributed by atoms with E-state index in [-0.39, 0.29) is 12.4 Å². The van der Waals surface area contributed by atoms with Crippen molar-refractivity contribution in [2.75, 3.05) is 32.2 Å². The maximum atomic E-state index is 13.3. The summed E-state index contributed by atoms with van der Waals surface area (Å²) in [5.74, 6) is -0.473. The van der Waals surface area contributed by atoms with E-state index in [1.54, 1.807) is 25.3 Å². The number of ketones is 1. The van der Waals surface area contributed by atoms with Gasteiger partial charge in [-0.3, -0.25) is 9.59 Å². The van der Waals surface area contributed by atoms with Crippen molar-refractivity contribution < 1.29 is 28.2 Å². The molecule has 1 N–H and O–H groups in total. The number of nitrogens with one attached hydrogen (secondary N) is 1. The number of fused-ring (bicyclic) bond motifs is 1. The van der Waals surface area contributed by atoms with E-state index in [0.717, 1.165) is 4.70 Å². The van der Waals surface area contributed by atoms with Gasteiger partial charge in [-0.1, -0.05) is 23.7 Å². The fourth-order valence-electron chi connectivity index (χ4n) is 3.31. The monoisotopic (exact) mass is 513 g/mol. The number of carbonyl (C=O) groups excluding carboxylic acids is 2. The Morgan fingerprint density at radius 2 is 1.77 bits per heavy atom. The number of amides is 1. The van der Waals surface area contributed by atoms with Gasteiger partial charge in [0, 0.05) is 27.8 Å². The normalized spacial score (nSPS) is 10.8. The van der Waals surface area contributed by atoms with Crippen molar-refractivity contribution in [2.24, 2.45) is 0 Å². The second-order valence-electron chi connectivity index (χ2n) is 7.41. The first-order valence-corrected chi connectivity index (χ1v) is 11.8. The second-order valence-corrected chi connectivity index (χ2v) is 8.90. The van der Waals surface area contributed by atoms with Gasteiger partial charge in [-0.15, -0.1) is 11.3 Å². The highest BCUT2D eigenvalue weighted by Gasteiger charge is 2.22. The van der Waals surface area contributed by atoms with Crippen LogP contribution in [-0.2, 0) is 4.74 Å². The Kier molecular flexibility index (Phi) is 7.97. The maximum absolute atomic E-state index is 13.3. The van der Waals surface area contributed by atoms with Gasteiger partial charge in [-0.2, -0.15) is 0 Å². The number of benzene rings is 3. The van der Waals surface area contributed by atoms with E-state index >= 15 is 0 Å². The average molecular weight is 514 g/mol. The number of Topliss-reactive ketones (excluding diaryl/α,β-unsaturated/α-hetero) is 1. The molecule has 0 saturated heterocycles. The summed E-state index contributed by atoms with van der Waals surface area (Å²) < 4.78 is 30.6. The lowest BCUT2D eigenvalue weighted by Gasteiger charge is -2.13. The molecule has 0 atom stereocenters. The summed E-state index contributed by atoms with van der Waals surface area (Å²) in [4.78, 5) is 26.2. The number of halogens is 2. The van der Waals surface area contributed by atoms with Gasteiger partial charge in [-0.05, 0) is 54.6 Å². The third kappa shape index (κ3) is 5.97. The highest BCUT2D eigenvalue weighted by atomic mass is 35.5. The van der Waals surface area contributed by atoms with Crippen LogP contribution in [0.1, 0.15) is 20.0 Å². The van der Waals surface area contributed by atoms with Gasteiger partial charge in [0.15, 0.2) is 18.1 Å². The third-order valence-electron chi connectivity index (χ3n) is 5.00. The van der Waals surface area contributed by atoms with E-state index in [9.17, 15) is 14.0 Å². The van der Waals surface area contributed by atoms with Crippen LogP contribution in [0.5, 0.6) is 11.5 Å². The number of methoxy groups -OCH3 is 1. The fourth-order valence-corrected chi connectivity index (χ4v) is 4.53. The minimum Gasteiger partial charge on any atom is -0.489 e. The zero-order valence-corrected chi connectivity index (χ0v) is 20.3. The molecule has 0 aliphatic carbocycles. The van der Waals surface area contributed by atoms with Gasteiger partial charge in [0.25, 0.3) is 5.91 Å². The molecule has 0 aliphatic heterocycles. The number of hydrogen-bond acceptors (Lipinski definition) is 6. The lowest BCUT2D eigenvalue weighted by atomic mass is 10.1. The average Bonchev–Trinajstić information content (AvgIpc) is 3.23.